The summed E-state index contributed by atoms with van der Waals surface area (Å²) >= 11 is 0. The first-order valence-electron chi connectivity index (χ1n) is 17.1. The van der Waals surface area contributed by atoms with E-state index in [2.05, 4.69) is 90.0 Å². The van der Waals surface area contributed by atoms with Crippen LogP contribution < -0.4 is 9.47 Å². The topological polar surface area (TPSA) is 73.2 Å². The van der Waals surface area contributed by atoms with Crippen LogP contribution in [0.5, 0.6) is 11.5 Å². The predicted molar refractivity (Wildman–Crippen MR) is 212 cm³/mol. The van der Waals surface area contributed by atoms with Gasteiger partial charge in [0.15, 0.2) is 0 Å². The van der Waals surface area contributed by atoms with Crippen LogP contribution in [-0.4, -0.2) is 29.2 Å². The van der Waals surface area contributed by atoms with E-state index in [-0.39, 0.29) is 0 Å². The van der Waals surface area contributed by atoms with Crippen molar-refractivity contribution < 1.29 is 13.9 Å². The third-order valence-electron chi connectivity index (χ3n) is 9.51. The van der Waals surface area contributed by atoms with Crippen LogP contribution in [0.3, 0.4) is 0 Å². The summed E-state index contributed by atoms with van der Waals surface area (Å²) in [5.41, 5.74) is 14.3. The van der Waals surface area contributed by atoms with Crippen molar-refractivity contribution in [1.29, 1.82) is 0 Å². The van der Waals surface area contributed by atoms with Crippen LogP contribution in [-0.2, 0) is 0 Å². The maximum absolute atomic E-state index is 6.85. The summed E-state index contributed by atoms with van der Waals surface area (Å²) in [5.74, 6) is 1.57. The molecule has 7 aromatic rings. The fourth-order valence-electron chi connectivity index (χ4n) is 7.02. The van der Waals surface area contributed by atoms with Gasteiger partial charge in [0.2, 0.25) is 0 Å². The number of hydrogen-bond acceptors (Lipinski definition) is 5. The van der Waals surface area contributed by atoms with Crippen molar-refractivity contribution >= 4 is 46.5 Å². The van der Waals surface area contributed by atoms with Gasteiger partial charge in [-0.05, 0) is 95.1 Å². The molecule has 2 aliphatic rings. The molecule has 6 nitrogen and oxygen atoms in total. The average molecular weight is 676 g/mol. The number of nitrogens with zero attached hydrogens (tertiary/aromatic N) is 2. The van der Waals surface area contributed by atoms with E-state index in [1.165, 1.54) is 0 Å². The van der Waals surface area contributed by atoms with Gasteiger partial charge in [-0.25, -0.2) is 9.97 Å². The number of nitrogens with one attached hydrogen (secondary N) is 1. The van der Waals surface area contributed by atoms with E-state index in [0.29, 0.717) is 0 Å². The quantitative estimate of drug-likeness (QED) is 0.190. The summed E-state index contributed by atoms with van der Waals surface area (Å²) in [6.07, 6.45) is 8.32. The molecule has 0 atom stereocenters. The van der Waals surface area contributed by atoms with E-state index in [1.807, 2.05) is 72.8 Å². The van der Waals surface area contributed by atoms with Crippen molar-refractivity contribution in [2.75, 3.05) is 14.2 Å². The summed E-state index contributed by atoms with van der Waals surface area (Å²) < 4.78 is 17.9. The maximum Gasteiger partial charge on any atom is 0.137 e. The van der Waals surface area contributed by atoms with Gasteiger partial charge in [-0.3, -0.25) is 0 Å². The molecule has 3 aromatic heterocycles. The average Bonchev–Trinajstić information content (AvgIpc) is 4.04. The van der Waals surface area contributed by atoms with Crippen molar-refractivity contribution in [2.45, 2.75) is 0 Å². The summed E-state index contributed by atoms with van der Waals surface area (Å²) in [6, 6.07) is 45.1. The molecule has 0 amide bonds. The fraction of sp³-hybridized carbons (Fsp3) is 0.0435. The Balaban J connectivity index is 1.45. The Labute approximate surface area is 301 Å². The van der Waals surface area contributed by atoms with Crippen LogP contribution in [0.1, 0.15) is 22.8 Å². The molecule has 0 saturated heterocycles. The molecule has 4 aromatic carbocycles. The number of furan rings is 1. The first-order chi connectivity index (χ1) is 25.7. The lowest BCUT2D eigenvalue weighted by Crippen LogP contribution is -1.89. The lowest BCUT2D eigenvalue weighted by molar-refractivity contribution is 0.415. The molecule has 9 rings (SSSR count). The van der Waals surface area contributed by atoms with E-state index in [9.17, 15) is 0 Å². The van der Waals surface area contributed by atoms with E-state index >= 15 is 0 Å². The Morgan fingerprint density at radius 3 is 1.15 bits per heavy atom. The first kappa shape index (κ1) is 31.1. The van der Waals surface area contributed by atoms with Gasteiger partial charge in [0, 0.05) is 22.2 Å². The molecule has 0 fully saturated rings. The first-order valence-corrected chi connectivity index (χ1v) is 17.1. The molecule has 1 N–H and O–H groups in total. The second-order valence-corrected chi connectivity index (χ2v) is 12.6. The Morgan fingerprint density at radius 1 is 0.404 bits per heavy atom. The van der Waals surface area contributed by atoms with Gasteiger partial charge in [-0.2, -0.15) is 0 Å². The number of methoxy groups -OCH3 is 2. The van der Waals surface area contributed by atoms with Gasteiger partial charge in [0.25, 0.3) is 0 Å². The Hall–Kier alpha value is -6.92. The van der Waals surface area contributed by atoms with Crippen LogP contribution in [0.25, 0.3) is 91.0 Å². The summed E-state index contributed by atoms with van der Waals surface area (Å²) in [7, 11) is 3.36. The smallest absolute Gasteiger partial charge is 0.137 e. The largest absolute Gasteiger partial charge is 0.497 e. The lowest BCUT2D eigenvalue weighted by Gasteiger charge is -2.07. The van der Waals surface area contributed by atoms with E-state index in [0.717, 1.165) is 101 Å². The molecule has 2 aliphatic heterocycles. The number of rotatable bonds is 6. The second-order valence-electron chi connectivity index (χ2n) is 12.6. The molecule has 52 heavy (non-hydrogen) atoms. The third-order valence-corrected chi connectivity index (χ3v) is 9.51. The normalized spacial score (nSPS) is 11.9. The highest BCUT2D eigenvalue weighted by atomic mass is 16.5. The van der Waals surface area contributed by atoms with Crippen LogP contribution in [0, 0.1) is 0 Å². The van der Waals surface area contributed by atoms with Gasteiger partial charge in [-0.15, -0.1) is 0 Å². The molecule has 0 aliphatic carbocycles. The number of ether oxygens (including phenoxy) is 2. The molecule has 6 heteroatoms. The zero-order valence-corrected chi connectivity index (χ0v) is 28.6. The summed E-state index contributed by atoms with van der Waals surface area (Å²) in [6.45, 7) is 0. The Morgan fingerprint density at radius 2 is 0.769 bits per heavy atom. The van der Waals surface area contributed by atoms with Gasteiger partial charge < -0.3 is 18.9 Å². The second kappa shape index (κ2) is 13.1. The Bertz CT molecular complexity index is 2490. The highest BCUT2D eigenvalue weighted by molar-refractivity contribution is 5.99. The number of aromatic amines is 1. The maximum atomic E-state index is 6.85. The lowest BCUT2D eigenvalue weighted by atomic mass is 10.0. The summed E-state index contributed by atoms with van der Waals surface area (Å²) in [5, 5.41) is 0. The van der Waals surface area contributed by atoms with Gasteiger partial charge in [0.1, 0.15) is 22.7 Å². The molecule has 0 saturated carbocycles. The number of aromatic nitrogens is 3. The Kier molecular flexibility index (Phi) is 7.82. The van der Waals surface area contributed by atoms with Crippen molar-refractivity contribution in [3.8, 4) is 56.0 Å². The number of H-pyrrole nitrogens is 1. The van der Waals surface area contributed by atoms with Crippen molar-refractivity contribution in [1.82, 2.24) is 15.0 Å². The molecule has 0 unspecified atom stereocenters. The van der Waals surface area contributed by atoms with Crippen LogP contribution >= 0.6 is 0 Å². The standard InChI is InChI=1S/C46H33N3O3/c1-50-33-17-13-31(14-18-33)43-35-21-22-36(47-35)44(32-15-19-34(51-2)20-16-32)38-24-26-40(49-38)46(30-11-7-4-8-12-30)42-28-27-41(52-42)45(29-9-5-3-6-10-29)39-25-23-37(43)48-39/h3-28,47H,1-2H3. The van der Waals surface area contributed by atoms with Crippen molar-refractivity contribution in [3.63, 3.8) is 0 Å². The zero-order valence-electron chi connectivity index (χ0n) is 28.6. The number of fused-ring (bicyclic) bond motifs is 8. The molecule has 5 heterocycles. The minimum Gasteiger partial charge on any atom is -0.497 e. The van der Waals surface area contributed by atoms with Crippen LogP contribution in [0.2, 0.25) is 0 Å². The number of hydrogen-bond donors (Lipinski definition) is 1. The van der Waals surface area contributed by atoms with E-state index in [4.69, 9.17) is 23.9 Å². The van der Waals surface area contributed by atoms with Crippen molar-refractivity contribution in [3.05, 3.63) is 156 Å². The highest BCUT2D eigenvalue weighted by Gasteiger charge is 2.19. The highest BCUT2D eigenvalue weighted by Crippen LogP contribution is 2.39. The monoisotopic (exact) mass is 675 g/mol. The predicted octanol–water partition coefficient (Wildman–Crippen LogP) is 11.6. The van der Waals surface area contributed by atoms with E-state index < -0.39 is 0 Å². The fourth-order valence-corrected chi connectivity index (χ4v) is 7.02. The van der Waals surface area contributed by atoms with Gasteiger partial charge in [0.05, 0.1) is 48.1 Å². The van der Waals surface area contributed by atoms with Crippen LogP contribution in [0.4, 0.5) is 0 Å². The summed E-state index contributed by atoms with van der Waals surface area (Å²) in [4.78, 5) is 14.4. The molecular formula is C46H33N3O3. The minimum absolute atomic E-state index is 0.719. The zero-order chi connectivity index (χ0) is 35.0. The number of benzene rings is 4. The SMILES string of the molecule is COc1ccc(-c2c3nc(c(-c4ccccc4)c4ccc(o4)c(-c4ccccc4)c4nc(c(-c5ccc(OC)cc5)c5ccc2[nH]5)C=C4)C=C3)cc1. The van der Waals surface area contributed by atoms with Gasteiger partial charge >= 0.3 is 0 Å². The van der Waals surface area contributed by atoms with Crippen molar-refractivity contribution in [2.24, 2.45) is 0 Å². The molecule has 8 bridgehead atoms. The van der Waals surface area contributed by atoms with Crippen LogP contribution in [0.15, 0.2) is 138 Å². The van der Waals surface area contributed by atoms with Gasteiger partial charge in [-0.1, -0.05) is 84.9 Å². The molecule has 0 spiro atoms. The minimum atomic E-state index is 0.719. The third kappa shape index (κ3) is 5.56. The molecular weight excluding hydrogens is 643 g/mol. The van der Waals surface area contributed by atoms with E-state index in [1.54, 1.807) is 14.2 Å². The molecule has 250 valence electrons. The molecule has 0 radical (unpaired) electrons.